The maximum atomic E-state index is 11.7. The topological polar surface area (TPSA) is 61.6 Å². The lowest BCUT2D eigenvalue weighted by molar-refractivity contribution is -0.147. The third-order valence-corrected chi connectivity index (χ3v) is 3.70. The molecule has 5 nitrogen and oxygen atoms in total. The largest absolute Gasteiger partial charge is 0.482 e. The molecule has 0 aliphatic heterocycles. The van der Waals surface area contributed by atoms with E-state index in [2.05, 4.69) is 21.1 Å². The summed E-state index contributed by atoms with van der Waals surface area (Å²) in [7, 11) is 0. The normalized spacial score (nSPS) is 10.4. The molecule has 0 fully saturated rings. The van der Waals surface area contributed by atoms with Crippen LogP contribution in [0.3, 0.4) is 0 Å². The molecule has 2 aromatic carbocycles. The van der Waals surface area contributed by atoms with Crippen molar-refractivity contribution < 1.29 is 18.8 Å². The number of carbonyl (C=O) groups excluding carboxylic acids is 1. The van der Waals surface area contributed by atoms with E-state index in [0.29, 0.717) is 17.2 Å². The quantitative estimate of drug-likeness (QED) is 0.592. The smallest absolute Gasteiger partial charge is 0.344 e. The Balaban J connectivity index is 1.48. The van der Waals surface area contributed by atoms with Crippen molar-refractivity contribution in [1.82, 2.24) is 5.16 Å². The van der Waals surface area contributed by atoms with Crippen LogP contribution in [0.2, 0.25) is 0 Å². The van der Waals surface area contributed by atoms with Gasteiger partial charge in [0, 0.05) is 16.1 Å². The average molecular weight is 388 g/mol. The zero-order valence-electron chi connectivity index (χ0n) is 12.6. The van der Waals surface area contributed by atoms with Gasteiger partial charge in [-0.25, -0.2) is 4.79 Å². The van der Waals surface area contributed by atoms with Gasteiger partial charge >= 0.3 is 5.97 Å². The van der Waals surface area contributed by atoms with Crippen LogP contribution in [0.4, 0.5) is 0 Å². The van der Waals surface area contributed by atoms with Crippen molar-refractivity contribution in [1.29, 1.82) is 0 Å². The van der Waals surface area contributed by atoms with Crippen LogP contribution in [0.1, 0.15) is 5.69 Å². The van der Waals surface area contributed by atoms with Crippen LogP contribution in [0.25, 0.3) is 11.3 Å². The van der Waals surface area contributed by atoms with Crippen LogP contribution in [0, 0.1) is 0 Å². The van der Waals surface area contributed by atoms with E-state index < -0.39 is 5.97 Å². The predicted molar refractivity (Wildman–Crippen MR) is 91.4 cm³/mol. The van der Waals surface area contributed by atoms with Gasteiger partial charge in [0.1, 0.15) is 18.1 Å². The summed E-state index contributed by atoms with van der Waals surface area (Å²) in [5.74, 6) is 0.762. The molecule has 6 heteroatoms. The first-order chi connectivity index (χ1) is 11.7. The Morgan fingerprint density at radius 3 is 2.58 bits per heavy atom. The Morgan fingerprint density at radius 1 is 1.08 bits per heavy atom. The Bertz CT molecular complexity index is 799. The molecule has 1 heterocycles. The maximum absolute atomic E-state index is 11.7. The van der Waals surface area contributed by atoms with Crippen molar-refractivity contribution in [2.45, 2.75) is 6.61 Å². The number of carbonyl (C=O) groups is 1. The van der Waals surface area contributed by atoms with E-state index in [0.717, 1.165) is 10.0 Å². The van der Waals surface area contributed by atoms with Crippen LogP contribution >= 0.6 is 15.9 Å². The highest BCUT2D eigenvalue weighted by atomic mass is 79.9. The fourth-order valence-electron chi connectivity index (χ4n) is 1.99. The number of benzene rings is 2. The van der Waals surface area contributed by atoms with E-state index >= 15 is 0 Å². The first-order valence-electron chi connectivity index (χ1n) is 7.26. The lowest BCUT2D eigenvalue weighted by Gasteiger charge is -2.05. The second kappa shape index (κ2) is 7.79. The summed E-state index contributed by atoms with van der Waals surface area (Å²) in [6.07, 6.45) is 0. The fourth-order valence-corrected chi connectivity index (χ4v) is 2.25. The molecule has 0 bridgehead atoms. The monoisotopic (exact) mass is 387 g/mol. The van der Waals surface area contributed by atoms with Gasteiger partial charge in [-0.1, -0.05) is 51.4 Å². The minimum absolute atomic E-state index is 0.0405. The van der Waals surface area contributed by atoms with Gasteiger partial charge in [-0.05, 0) is 24.3 Å². The third kappa shape index (κ3) is 4.45. The molecule has 0 N–H and O–H groups in total. The van der Waals surface area contributed by atoms with E-state index in [1.54, 1.807) is 18.2 Å². The molecule has 0 amide bonds. The van der Waals surface area contributed by atoms with Gasteiger partial charge in [-0.3, -0.25) is 0 Å². The third-order valence-electron chi connectivity index (χ3n) is 3.17. The number of esters is 1. The van der Waals surface area contributed by atoms with Gasteiger partial charge in [-0.2, -0.15) is 0 Å². The molecule has 24 heavy (non-hydrogen) atoms. The van der Waals surface area contributed by atoms with E-state index in [9.17, 15) is 4.79 Å². The zero-order valence-corrected chi connectivity index (χ0v) is 14.2. The highest BCUT2D eigenvalue weighted by Crippen LogP contribution is 2.20. The lowest BCUT2D eigenvalue weighted by atomic mass is 10.2. The number of hydrogen-bond donors (Lipinski definition) is 0. The fraction of sp³-hybridized carbons (Fsp3) is 0.111. The molecule has 0 saturated carbocycles. The highest BCUT2D eigenvalue weighted by Gasteiger charge is 2.10. The van der Waals surface area contributed by atoms with Crippen LogP contribution < -0.4 is 4.74 Å². The first kappa shape index (κ1) is 16.3. The highest BCUT2D eigenvalue weighted by molar-refractivity contribution is 9.10. The molecule has 0 spiro atoms. The second-order valence-corrected chi connectivity index (χ2v) is 5.87. The van der Waals surface area contributed by atoms with Gasteiger partial charge in [-0.15, -0.1) is 0 Å². The van der Waals surface area contributed by atoms with Gasteiger partial charge in [0.25, 0.3) is 0 Å². The van der Waals surface area contributed by atoms with Crippen molar-refractivity contribution in [3.05, 3.63) is 70.8 Å². The van der Waals surface area contributed by atoms with Crippen molar-refractivity contribution in [2.75, 3.05) is 6.61 Å². The number of hydrogen-bond acceptors (Lipinski definition) is 5. The Kier molecular flexibility index (Phi) is 5.28. The van der Waals surface area contributed by atoms with Crippen LogP contribution in [-0.4, -0.2) is 17.7 Å². The predicted octanol–water partition coefficient (Wildman–Crippen LogP) is 4.23. The Morgan fingerprint density at radius 2 is 1.83 bits per heavy atom. The van der Waals surface area contributed by atoms with Crippen molar-refractivity contribution in [2.24, 2.45) is 0 Å². The maximum Gasteiger partial charge on any atom is 0.344 e. The van der Waals surface area contributed by atoms with Gasteiger partial charge < -0.3 is 14.0 Å². The lowest BCUT2D eigenvalue weighted by Crippen LogP contribution is -2.14. The number of rotatable bonds is 6. The van der Waals surface area contributed by atoms with Crippen molar-refractivity contribution in [3.8, 4) is 17.1 Å². The summed E-state index contributed by atoms with van der Waals surface area (Å²) in [4.78, 5) is 11.7. The summed E-state index contributed by atoms with van der Waals surface area (Å²) in [6, 6.07) is 18.5. The van der Waals surface area contributed by atoms with E-state index in [4.69, 9.17) is 14.0 Å². The molecular weight excluding hydrogens is 374 g/mol. The minimum Gasteiger partial charge on any atom is -0.482 e. The summed E-state index contributed by atoms with van der Waals surface area (Å²) >= 11 is 3.33. The van der Waals surface area contributed by atoms with E-state index in [-0.39, 0.29) is 13.2 Å². The molecular formula is C18H14BrNO4. The molecule has 0 unspecified atom stereocenters. The van der Waals surface area contributed by atoms with Gasteiger partial charge in [0.05, 0.1) is 0 Å². The molecule has 0 aliphatic carbocycles. The van der Waals surface area contributed by atoms with Crippen LogP contribution in [0.15, 0.2) is 69.7 Å². The summed E-state index contributed by atoms with van der Waals surface area (Å²) in [5, 5.41) is 3.89. The number of nitrogens with zero attached hydrogens (tertiary/aromatic N) is 1. The summed E-state index contributed by atoms with van der Waals surface area (Å²) < 4.78 is 16.7. The molecule has 0 aliphatic rings. The zero-order chi connectivity index (χ0) is 16.8. The molecule has 3 rings (SSSR count). The Labute approximate surface area is 147 Å². The summed E-state index contributed by atoms with van der Waals surface area (Å²) in [5.41, 5.74) is 1.46. The van der Waals surface area contributed by atoms with Gasteiger partial charge in [0.2, 0.25) is 0 Å². The van der Waals surface area contributed by atoms with E-state index in [1.165, 1.54) is 0 Å². The second-order valence-electron chi connectivity index (χ2n) is 4.95. The molecule has 0 saturated heterocycles. The molecule has 1 aromatic heterocycles. The average Bonchev–Trinajstić information content (AvgIpc) is 3.09. The minimum atomic E-state index is -0.470. The number of halogens is 1. The number of aromatic nitrogens is 1. The van der Waals surface area contributed by atoms with Crippen molar-refractivity contribution in [3.63, 3.8) is 0 Å². The Hall–Kier alpha value is -2.60. The standard InChI is InChI=1S/C18H14BrNO4/c19-14-6-8-16(9-7-14)22-12-18(21)23-11-15-10-17(24-20-15)13-4-2-1-3-5-13/h1-10H,11-12H2. The van der Waals surface area contributed by atoms with Gasteiger partial charge in [0.15, 0.2) is 12.4 Å². The summed E-state index contributed by atoms with van der Waals surface area (Å²) in [6.45, 7) is -0.121. The first-order valence-corrected chi connectivity index (χ1v) is 8.05. The van der Waals surface area contributed by atoms with Crippen LogP contribution in [0.5, 0.6) is 5.75 Å². The molecule has 3 aromatic rings. The number of ether oxygens (including phenoxy) is 2. The molecule has 0 radical (unpaired) electrons. The molecule has 122 valence electrons. The van der Waals surface area contributed by atoms with Crippen molar-refractivity contribution >= 4 is 21.9 Å². The molecule has 0 atom stereocenters. The van der Waals surface area contributed by atoms with E-state index in [1.807, 2.05) is 42.5 Å². The SMILES string of the molecule is O=C(COc1ccc(Br)cc1)OCc1cc(-c2ccccc2)on1. The van der Waals surface area contributed by atoms with Crippen LogP contribution in [-0.2, 0) is 16.1 Å².